The number of rotatable bonds is 6. The molecule has 0 aromatic heterocycles. The molecule has 1 heterocycles. The highest BCUT2D eigenvalue weighted by molar-refractivity contribution is 7.99. The lowest BCUT2D eigenvalue weighted by atomic mass is 10.1. The van der Waals surface area contributed by atoms with Crippen LogP contribution in [0.3, 0.4) is 0 Å². The van der Waals surface area contributed by atoms with Gasteiger partial charge in [-0.1, -0.05) is 61.5 Å². The number of thioether (sulfide) groups is 1. The Morgan fingerprint density at radius 1 is 1.00 bits per heavy atom. The lowest BCUT2D eigenvalue weighted by molar-refractivity contribution is 0.214. The van der Waals surface area contributed by atoms with Gasteiger partial charge in [-0.2, -0.15) is 0 Å². The van der Waals surface area contributed by atoms with Gasteiger partial charge in [0.05, 0.1) is 0 Å². The molecule has 5 heteroatoms. The molecule has 0 unspecified atom stereocenters. The van der Waals surface area contributed by atoms with Crippen molar-refractivity contribution in [1.29, 1.82) is 0 Å². The predicted molar refractivity (Wildman–Crippen MR) is 124 cm³/mol. The van der Waals surface area contributed by atoms with Crippen LogP contribution in [0.2, 0.25) is 0 Å². The van der Waals surface area contributed by atoms with E-state index in [0.717, 1.165) is 41.3 Å². The standard InChI is InChI=1S/C25H26N2O2S/c1-2-19-8-12-22(13-9-19)26-25(28)27-16-17-30-24(27)21-10-14-23(15-11-21)29-18-20-6-4-3-5-7-20/h3-15,24H,2,16-18H2,1H3,(H,26,28)/t24-/m0/s1. The molecule has 1 N–H and O–H groups in total. The monoisotopic (exact) mass is 418 g/mol. The van der Waals surface area contributed by atoms with Crippen LogP contribution in [0.4, 0.5) is 10.5 Å². The number of amides is 2. The SMILES string of the molecule is CCc1ccc(NC(=O)N2CCS[C@H]2c2ccc(OCc3ccccc3)cc2)cc1. The van der Waals surface area contributed by atoms with E-state index >= 15 is 0 Å². The largest absolute Gasteiger partial charge is 0.489 e. The summed E-state index contributed by atoms with van der Waals surface area (Å²) < 4.78 is 5.88. The molecule has 0 radical (unpaired) electrons. The Labute approximate surface area is 182 Å². The number of aryl methyl sites for hydroxylation is 1. The van der Waals surface area contributed by atoms with E-state index < -0.39 is 0 Å². The summed E-state index contributed by atoms with van der Waals surface area (Å²) >= 11 is 1.79. The predicted octanol–water partition coefficient (Wildman–Crippen LogP) is 6.11. The molecular weight excluding hydrogens is 392 g/mol. The van der Waals surface area contributed by atoms with Crippen LogP contribution in [0.15, 0.2) is 78.9 Å². The van der Waals surface area contributed by atoms with Crippen molar-refractivity contribution in [3.05, 3.63) is 95.6 Å². The molecule has 154 valence electrons. The maximum absolute atomic E-state index is 12.9. The van der Waals surface area contributed by atoms with Gasteiger partial charge in [0.2, 0.25) is 0 Å². The highest BCUT2D eigenvalue weighted by Gasteiger charge is 2.30. The first-order valence-electron chi connectivity index (χ1n) is 10.3. The quantitative estimate of drug-likeness (QED) is 0.525. The minimum absolute atomic E-state index is 0.0167. The summed E-state index contributed by atoms with van der Waals surface area (Å²) in [6, 6.07) is 26.2. The Balaban J connectivity index is 1.38. The third kappa shape index (κ3) is 4.97. The van der Waals surface area contributed by atoms with Gasteiger partial charge >= 0.3 is 6.03 Å². The third-order valence-electron chi connectivity index (χ3n) is 5.18. The second-order valence-corrected chi connectivity index (χ2v) is 8.43. The van der Waals surface area contributed by atoms with Gasteiger partial charge in [0, 0.05) is 18.0 Å². The molecule has 1 saturated heterocycles. The van der Waals surface area contributed by atoms with E-state index in [1.807, 2.05) is 47.4 Å². The smallest absolute Gasteiger partial charge is 0.323 e. The molecule has 1 fully saturated rings. The Bertz CT molecular complexity index is 959. The summed E-state index contributed by atoms with van der Waals surface area (Å²) in [5.74, 6) is 1.76. The summed E-state index contributed by atoms with van der Waals surface area (Å²) in [6.07, 6.45) is 0.990. The maximum atomic E-state index is 12.9. The van der Waals surface area contributed by atoms with Gasteiger partial charge in [0.25, 0.3) is 0 Å². The molecule has 4 nitrogen and oxygen atoms in total. The summed E-state index contributed by atoms with van der Waals surface area (Å²) in [6.45, 7) is 3.40. The molecule has 3 aromatic carbocycles. The van der Waals surface area contributed by atoms with Crippen LogP contribution in [0.25, 0.3) is 0 Å². The number of anilines is 1. The van der Waals surface area contributed by atoms with Gasteiger partial charge in [-0.3, -0.25) is 0 Å². The lowest BCUT2D eigenvalue weighted by Gasteiger charge is -2.24. The minimum atomic E-state index is -0.0568. The number of carbonyl (C=O) groups is 1. The Morgan fingerprint density at radius 2 is 1.73 bits per heavy atom. The zero-order valence-corrected chi connectivity index (χ0v) is 17.9. The number of hydrogen-bond donors (Lipinski definition) is 1. The number of nitrogens with zero attached hydrogens (tertiary/aromatic N) is 1. The first kappa shape index (κ1) is 20.4. The van der Waals surface area contributed by atoms with Crippen molar-refractivity contribution in [1.82, 2.24) is 4.90 Å². The van der Waals surface area contributed by atoms with E-state index in [0.29, 0.717) is 6.61 Å². The molecular formula is C25H26N2O2S. The minimum Gasteiger partial charge on any atom is -0.489 e. The number of nitrogens with one attached hydrogen (secondary N) is 1. The maximum Gasteiger partial charge on any atom is 0.323 e. The fourth-order valence-corrected chi connectivity index (χ4v) is 4.70. The summed E-state index contributed by atoms with van der Waals surface area (Å²) in [5.41, 5.74) is 4.35. The molecule has 2 amide bonds. The van der Waals surface area contributed by atoms with Crippen molar-refractivity contribution in [3.63, 3.8) is 0 Å². The number of ether oxygens (including phenoxy) is 1. The van der Waals surface area contributed by atoms with Crippen LogP contribution in [0.1, 0.15) is 29.0 Å². The highest BCUT2D eigenvalue weighted by atomic mass is 32.2. The third-order valence-corrected chi connectivity index (χ3v) is 6.44. The molecule has 0 bridgehead atoms. The number of carbonyl (C=O) groups excluding carboxylic acids is 1. The topological polar surface area (TPSA) is 41.6 Å². The van der Waals surface area contributed by atoms with E-state index in [-0.39, 0.29) is 11.4 Å². The molecule has 3 aromatic rings. The van der Waals surface area contributed by atoms with Crippen LogP contribution in [0, 0.1) is 0 Å². The van der Waals surface area contributed by atoms with Crippen LogP contribution >= 0.6 is 11.8 Å². The van der Waals surface area contributed by atoms with Gasteiger partial charge in [-0.25, -0.2) is 4.79 Å². The van der Waals surface area contributed by atoms with Crippen molar-refractivity contribution in [2.75, 3.05) is 17.6 Å². The molecule has 0 saturated carbocycles. The Morgan fingerprint density at radius 3 is 2.43 bits per heavy atom. The Kier molecular flexibility index (Phi) is 6.60. The van der Waals surface area contributed by atoms with Crippen molar-refractivity contribution in [2.45, 2.75) is 25.3 Å². The normalized spacial score (nSPS) is 15.8. The molecule has 1 atom stereocenters. The first-order chi connectivity index (χ1) is 14.7. The van der Waals surface area contributed by atoms with Crippen molar-refractivity contribution in [3.8, 4) is 5.75 Å². The lowest BCUT2D eigenvalue weighted by Crippen LogP contribution is -2.34. The summed E-state index contributed by atoms with van der Waals surface area (Å²) in [4.78, 5) is 14.8. The van der Waals surface area contributed by atoms with E-state index in [9.17, 15) is 4.79 Å². The van der Waals surface area contributed by atoms with Crippen LogP contribution < -0.4 is 10.1 Å². The molecule has 4 rings (SSSR count). The first-order valence-corrected chi connectivity index (χ1v) is 11.3. The molecule has 1 aliphatic heterocycles. The molecule has 0 aliphatic carbocycles. The van der Waals surface area contributed by atoms with Crippen LogP contribution in [0.5, 0.6) is 5.75 Å². The zero-order valence-electron chi connectivity index (χ0n) is 17.1. The average Bonchev–Trinajstić information content (AvgIpc) is 3.29. The van der Waals surface area contributed by atoms with Gasteiger partial charge in [0.1, 0.15) is 17.7 Å². The molecule has 0 spiro atoms. The van der Waals surface area contributed by atoms with Crippen LogP contribution in [-0.2, 0) is 13.0 Å². The summed E-state index contributed by atoms with van der Waals surface area (Å²) in [5, 5.41) is 3.05. The van der Waals surface area contributed by atoms with Gasteiger partial charge in [0.15, 0.2) is 0 Å². The van der Waals surface area contributed by atoms with E-state index in [1.165, 1.54) is 5.56 Å². The van der Waals surface area contributed by atoms with Gasteiger partial charge < -0.3 is 15.0 Å². The fourth-order valence-electron chi connectivity index (χ4n) is 3.44. The zero-order chi connectivity index (χ0) is 20.8. The second kappa shape index (κ2) is 9.72. The fraction of sp³-hybridized carbons (Fsp3) is 0.240. The average molecular weight is 419 g/mol. The number of hydrogen-bond acceptors (Lipinski definition) is 3. The van der Waals surface area contributed by atoms with Gasteiger partial charge in [-0.05, 0) is 47.4 Å². The summed E-state index contributed by atoms with van der Waals surface area (Å²) in [7, 11) is 0. The van der Waals surface area contributed by atoms with Crippen molar-refractivity contribution in [2.24, 2.45) is 0 Å². The molecule has 1 aliphatic rings. The van der Waals surface area contributed by atoms with Gasteiger partial charge in [-0.15, -0.1) is 11.8 Å². The number of benzene rings is 3. The van der Waals surface area contributed by atoms with E-state index in [2.05, 4.69) is 48.6 Å². The second-order valence-electron chi connectivity index (χ2n) is 7.24. The molecule has 30 heavy (non-hydrogen) atoms. The van der Waals surface area contributed by atoms with Crippen LogP contribution in [-0.4, -0.2) is 23.2 Å². The van der Waals surface area contributed by atoms with E-state index in [4.69, 9.17) is 4.74 Å². The number of urea groups is 1. The van der Waals surface area contributed by atoms with Crippen molar-refractivity contribution >= 4 is 23.5 Å². The van der Waals surface area contributed by atoms with E-state index in [1.54, 1.807) is 11.8 Å². The Hall–Kier alpha value is -2.92. The van der Waals surface area contributed by atoms with Crippen molar-refractivity contribution < 1.29 is 9.53 Å². The highest BCUT2D eigenvalue weighted by Crippen LogP contribution is 2.38.